The van der Waals surface area contributed by atoms with E-state index in [0.29, 0.717) is 0 Å². The van der Waals surface area contributed by atoms with Gasteiger partial charge in [0.2, 0.25) is 0 Å². The van der Waals surface area contributed by atoms with Crippen LogP contribution in [-0.4, -0.2) is 4.98 Å². The van der Waals surface area contributed by atoms with Crippen molar-refractivity contribution in [3.8, 4) is 0 Å². The van der Waals surface area contributed by atoms with Gasteiger partial charge < -0.3 is 0 Å². The van der Waals surface area contributed by atoms with Crippen LogP contribution in [0.3, 0.4) is 0 Å². The Kier molecular flexibility index (Phi) is 1.74. The lowest BCUT2D eigenvalue weighted by atomic mass is 9.93. The maximum atomic E-state index is 3.44. The van der Waals surface area contributed by atoms with Gasteiger partial charge in [-0.15, -0.1) is 0 Å². The Balaban J connectivity index is 2.63. The smallest absolute Gasteiger partial charge is 0.231 e. The Morgan fingerprint density at radius 2 is 2.08 bits per heavy atom. The fraction of sp³-hybridized carbons (Fsp3) is 0.500. The summed E-state index contributed by atoms with van der Waals surface area (Å²) in [6.07, 6.45) is 2.20. The third-order valence-corrected chi connectivity index (χ3v) is 3.23. The molecule has 2 aromatic rings. The molecule has 0 aromatic carbocycles. The lowest BCUT2D eigenvalue weighted by Crippen LogP contribution is -2.19. The molecule has 0 aliphatic carbocycles. The Bertz CT molecular complexity index is 431. The van der Waals surface area contributed by atoms with Crippen LogP contribution >= 0.6 is 11.3 Å². The lowest BCUT2D eigenvalue weighted by molar-refractivity contribution is -0.513. The van der Waals surface area contributed by atoms with Crippen molar-refractivity contribution in [1.29, 1.82) is 0 Å². The lowest BCUT2D eigenvalue weighted by Gasteiger charge is -2.10. The van der Waals surface area contributed by atoms with Crippen molar-refractivity contribution >= 4 is 16.3 Å². The van der Waals surface area contributed by atoms with Gasteiger partial charge in [-0.3, -0.25) is 0 Å². The van der Waals surface area contributed by atoms with E-state index in [1.165, 1.54) is 16.3 Å². The highest BCUT2D eigenvalue weighted by Gasteiger charge is 2.23. The van der Waals surface area contributed by atoms with E-state index in [4.69, 9.17) is 0 Å². The zero-order valence-electron chi connectivity index (χ0n) is 8.51. The second-order valence-electron chi connectivity index (χ2n) is 4.47. The standard InChI is InChI=1S/C10H14N2S/c1-7-6-13-9-11-8(5-12(7)9)10(2,3)4/h5-6H,1-4H3/p+1. The minimum Gasteiger partial charge on any atom is -0.231 e. The van der Waals surface area contributed by atoms with Crippen LogP contribution < -0.4 is 4.40 Å². The molecular weight excluding hydrogens is 180 g/mol. The number of thiazole rings is 1. The Hall–Kier alpha value is -0.830. The molecular formula is C10H15N2S+. The molecule has 0 saturated heterocycles. The van der Waals surface area contributed by atoms with Crippen molar-refractivity contribution in [2.75, 3.05) is 0 Å². The number of rotatable bonds is 0. The molecule has 2 aromatic heterocycles. The molecule has 0 amide bonds. The van der Waals surface area contributed by atoms with Gasteiger partial charge in [0, 0.05) is 10.8 Å². The molecule has 0 spiro atoms. The van der Waals surface area contributed by atoms with Crippen molar-refractivity contribution in [3.05, 3.63) is 23.0 Å². The van der Waals surface area contributed by atoms with E-state index in [1.807, 2.05) is 0 Å². The van der Waals surface area contributed by atoms with Gasteiger partial charge in [0.25, 0.3) is 0 Å². The van der Waals surface area contributed by atoms with Crippen LogP contribution in [0.5, 0.6) is 0 Å². The summed E-state index contributed by atoms with van der Waals surface area (Å²) in [5.74, 6) is 0. The zero-order chi connectivity index (χ0) is 9.64. The summed E-state index contributed by atoms with van der Waals surface area (Å²) in [4.78, 5) is 4.66. The Labute approximate surface area is 82.2 Å². The summed E-state index contributed by atoms with van der Waals surface area (Å²) >= 11 is 1.76. The van der Waals surface area contributed by atoms with Gasteiger partial charge in [-0.05, 0) is 6.92 Å². The fourth-order valence-corrected chi connectivity index (χ4v) is 2.20. The number of nitrogens with zero attached hydrogens (tertiary/aromatic N) is 1. The van der Waals surface area contributed by atoms with E-state index in [1.54, 1.807) is 11.3 Å². The minimum atomic E-state index is 0.207. The molecule has 0 radical (unpaired) electrons. The molecule has 1 N–H and O–H groups in total. The monoisotopic (exact) mass is 195 g/mol. The van der Waals surface area contributed by atoms with Crippen LogP contribution in [0.1, 0.15) is 32.2 Å². The summed E-state index contributed by atoms with van der Waals surface area (Å²) < 4.78 is 2.21. The molecule has 0 aliphatic heterocycles. The average Bonchev–Trinajstić information content (AvgIpc) is 2.51. The largest absolute Gasteiger partial charge is 0.343 e. The number of aryl methyl sites for hydroxylation is 1. The van der Waals surface area contributed by atoms with Gasteiger partial charge in [-0.2, -0.15) is 4.40 Å². The highest BCUT2D eigenvalue weighted by molar-refractivity contribution is 7.14. The van der Waals surface area contributed by atoms with Gasteiger partial charge in [0.05, 0.1) is 0 Å². The maximum Gasteiger partial charge on any atom is 0.343 e. The predicted molar refractivity (Wildman–Crippen MR) is 55.3 cm³/mol. The van der Waals surface area contributed by atoms with E-state index in [2.05, 4.69) is 48.7 Å². The molecule has 70 valence electrons. The molecule has 0 bridgehead atoms. The molecule has 0 atom stereocenters. The van der Waals surface area contributed by atoms with E-state index >= 15 is 0 Å². The Morgan fingerprint density at radius 3 is 2.62 bits per heavy atom. The Morgan fingerprint density at radius 1 is 1.38 bits per heavy atom. The first-order chi connectivity index (χ1) is 5.98. The number of fused-ring (bicyclic) bond motifs is 1. The minimum absolute atomic E-state index is 0.207. The summed E-state index contributed by atoms with van der Waals surface area (Å²) in [5, 5.41) is 2.16. The van der Waals surface area contributed by atoms with Gasteiger partial charge in [0.1, 0.15) is 17.6 Å². The maximum absolute atomic E-state index is 3.44. The molecule has 2 nitrogen and oxygen atoms in total. The van der Waals surface area contributed by atoms with Crippen LogP contribution in [0.2, 0.25) is 0 Å². The number of hydrogen-bond donors (Lipinski definition) is 1. The first kappa shape index (κ1) is 8.75. The van der Waals surface area contributed by atoms with Crippen molar-refractivity contribution in [2.45, 2.75) is 33.1 Å². The average molecular weight is 195 g/mol. The summed E-state index contributed by atoms with van der Waals surface area (Å²) in [6.45, 7) is 8.79. The fourth-order valence-electron chi connectivity index (χ4n) is 1.32. The second-order valence-corrected chi connectivity index (χ2v) is 5.33. The molecule has 0 unspecified atom stereocenters. The summed E-state index contributed by atoms with van der Waals surface area (Å²) in [6, 6.07) is 0. The van der Waals surface area contributed by atoms with E-state index in [0.717, 1.165) is 0 Å². The molecule has 2 heterocycles. The van der Waals surface area contributed by atoms with Crippen LogP contribution in [0.15, 0.2) is 11.6 Å². The highest BCUT2D eigenvalue weighted by atomic mass is 32.1. The number of aromatic amines is 1. The number of imidazole rings is 1. The first-order valence-corrected chi connectivity index (χ1v) is 5.35. The second kappa shape index (κ2) is 2.58. The van der Waals surface area contributed by atoms with E-state index < -0.39 is 0 Å². The van der Waals surface area contributed by atoms with Crippen molar-refractivity contribution < 1.29 is 4.40 Å². The van der Waals surface area contributed by atoms with Gasteiger partial charge >= 0.3 is 4.96 Å². The van der Waals surface area contributed by atoms with Gasteiger partial charge in [0.15, 0.2) is 0 Å². The normalized spacial score (nSPS) is 12.6. The van der Waals surface area contributed by atoms with Crippen LogP contribution in [0.25, 0.3) is 4.96 Å². The zero-order valence-corrected chi connectivity index (χ0v) is 9.33. The van der Waals surface area contributed by atoms with Crippen molar-refractivity contribution in [1.82, 2.24) is 4.98 Å². The SMILES string of the molecule is Cc1csc2[nH]c(C(C)(C)C)c[n+]12. The molecule has 2 rings (SSSR count). The van der Waals surface area contributed by atoms with Crippen molar-refractivity contribution in [2.24, 2.45) is 0 Å². The van der Waals surface area contributed by atoms with E-state index in [9.17, 15) is 0 Å². The summed E-state index contributed by atoms with van der Waals surface area (Å²) in [7, 11) is 0. The molecule has 0 aliphatic rings. The molecule has 3 heteroatoms. The van der Waals surface area contributed by atoms with Crippen LogP contribution in [0, 0.1) is 6.92 Å². The third-order valence-electron chi connectivity index (χ3n) is 2.25. The third kappa shape index (κ3) is 1.37. The summed E-state index contributed by atoms with van der Waals surface area (Å²) in [5.41, 5.74) is 2.80. The number of aromatic nitrogens is 2. The van der Waals surface area contributed by atoms with Gasteiger partial charge in [-0.25, -0.2) is 4.98 Å². The highest BCUT2D eigenvalue weighted by Crippen LogP contribution is 2.21. The molecule has 13 heavy (non-hydrogen) atoms. The predicted octanol–water partition coefficient (Wildman–Crippen LogP) is 2.42. The topological polar surface area (TPSA) is 19.9 Å². The quantitative estimate of drug-likeness (QED) is 0.623. The molecule has 0 fully saturated rings. The molecule has 0 saturated carbocycles. The van der Waals surface area contributed by atoms with Crippen LogP contribution in [-0.2, 0) is 5.41 Å². The number of H-pyrrole nitrogens is 1. The van der Waals surface area contributed by atoms with E-state index in [-0.39, 0.29) is 5.41 Å². The number of nitrogens with one attached hydrogen (secondary N) is 1. The first-order valence-electron chi connectivity index (χ1n) is 4.47. The number of hydrogen-bond acceptors (Lipinski definition) is 1. The van der Waals surface area contributed by atoms with Gasteiger partial charge in [-0.1, -0.05) is 32.1 Å². The van der Waals surface area contributed by atoms with Crippen molar-refractivity contribution in [3.63, 3.8) is 0 Å². The van der Waals surface area contributed by atoms with Crippen LogP contribution in [0.4, 0.5) is 0 Å².